The third-order valence-electron chi connectivity index (χ3n) is 4.18. The van der Waals surface area contributed by atoms with Crippen LogP contribution in [0.2, 0.25) is 0 Å². The molecular weight excluding hydrogens is 304 g/mol. The number of terminal acetylenes is 1. The smallest absolute Gasteiger partial charge is 0.253 e. The molecule has 2 aromatic rings. The summed E-state index contributed by atoms with van der Waals surface area (Å²) in [7, 11) is 0. The van der Waals surface area contributed by atoms with Gasteiger partial charge in [-0.05, 0) is 5.92 Å². The van der Waals surface area contributed by atoms with Crippen molar-refractivity contribution in [2.75, 3.05) is 6.54 Å². The molecule has 0 aliphatic carbocycles. The Hall–Kier alpha value is -2.75. The number of nitrogens with one attached hydrogen (secondary N) is 2. The van der Waals surface area contributed by atoms with E-state index < -0.39 is 0 Å². The molecule has 0 aromatic carbocycles. The standard InChI is InChI=1S/C17H20N6O/c1-4-5-6-17(22-23-17)7-8-19-16(24)12-9-18-10-13-14(12)15(11(2)3)21-20-13/h1,9-11H,5-8H2,2-3H3,(H,19,24)(H,20,21). The van der Waals surface area contributed by atoms with E-state index in [4.69, 9.17) is 6.42 Å². The summed E-state index contributed by atoms with van der Waals surface area (Å²) in [5.74, 6) is 2.67. The number of amides is 1. The highest BCUT2D eigenvalue weighted by atomic mass is 16.1. The summed E-state index contributed by atoms with van der Waals surface area (Å²) in [6, 6.07) is 0. The van der Waals surface area contributed by atoms with Crippen LogP contribution in [0.1, 0.15) is 55.1 Å². The molecule has 1 amide bonds. The number of H-pyrrole nitrogens is 1. The first kappa shape index (κ1) is 16.1. The fourth-order valence-electron chi connectivity index (χ4n) is 2.72. The van der Waals surface area contributed by atoms with Crippen LogP contribution in [0.5, 0.6) is 0 Å². The number of nitrogens with zero attached hydrogens (tertiary/aromatic N) is 4. The molecule has 3 heterocycles. The fourth-order valence-corrected chi connectivity index (χ4v) is 2.72. The van der Waals surface area contributed by atoms with E-state index >= 15 is 0 Å². The summed E-state index contributed by atoms with van der Waals surface area (Å²) in [6.45, 7) is 4.60. The molecule has 24 heavy (non-hydrogen) atoms. The topological polar surface area (TPSA) is 95.4 Å². The second kappa shape index (κ2) is 6.40. The molecule has 124 valence electrons. The third-order valence-corrected chi connectivity index (χ3v) is 4.18. The molecule has 7 nitrogen and oxygen atoms in total. The first-order valence-electron chi connectivity index (χ1n) is 8.04. The largest absolute Gasteiger partial charge is 0.352 e. The summed E-state index contributed by atoms with van der Waals surface area (Å²) in [5.41, 5.74) is 1.79. The lowest BCUT2D eigenvalue weighted by Gasteiger charge is -2.11. The van der Waals surface area contributed by atoms with Crippen LogP contribution in [-0.4, -0.2) is 33.3 Å². The lowest BCUT2D eigenvalue weighted by molar-refractivity contribution is 0.0953. The van der Waals surface area contributed by atoms with E-state index in [0.29, 0.717) is 30.5 Å². The van der Waals surface area contributed by atoms with Crippen LogP contribution in [-0.2, 0) is 0 Å². The normalized spacial score (nSPS) is 14.8. The van der Waals surface area contributed by atoms with Crippen molar-refractivity contribution in [3.8, 4) is 12.3 Å². The molecule has 0 saturated heterocycles. The average molecular weight is 324 g/mol. The number of pyridine rings is 1. The molecule has 0 radical (unpaired) electrons. The number of carbonyl (C=O) groups is 1. The maximum absolute atomic E-state index is 12.6. The molecule has 1 aliphatic rings. The van der Waals surface area contributed by atoms with Gasteiger partial charge >= 0.3 is 0 Å². The first-order chi connectivity index (χ1) is 11.6. The number of carbonyl (C=O) groups excluding carboxylic acids is 1. The number of rotatable bonds is 7. The van der Waals surface area contributed by atoms with Gasteiger partial charge in [-0.2, -0.15) is 15.3 Å². The lowest BCUT2D eigenvalue weighted by Crippen LogP contribution is -2.28. The van der Waals surface area contributed by atoms with Gasteiger partial charge in [0.2, 0.25) is 0 Å². The molecule has 0 bridgehead atoms. The van der Waals surface area contributed by atoms with E-state index in [1.165, 1.54) is 0 Å². The summed E-state index contributed by atoms with van der Waals surface area (Å²) in [5, 5.41) is 19.1. The van der Waals surface area contributed by atoms with E-state index in [-0.39, 0.29) is 17.5 Å². The van der Waals surface area contributed by atoms with Crippen LogP contribution < -0.4 is 5.32 Å². The van der Waals surface area contributed by atoms with Gasteiger partial charge in [0, 0.05) is 43.1 Å². The van der Waals surface area contributed by atoms with Crippen LogP contribution in [0.25, 0.3) is 10.9 Å². The Kier molecular flexibility index (Phi) is 4.30. The number of aromatic nitrogens is 3. The van der Waals surface area contributed by atoms with Gasteiger partial charge in [0.05, 0.1) is 11.8 Å². The second-order valence-electron chi connectivity index (χ2n) is 6.27. The van der Waals surface area contributed by atoms with Crippen LogP contribution in [0, 0.1) is 12.3 Å². The quantitative estimate of drug-likeness (QED) is 0.767. The average Bonchev–Trinajstić information content (AvgIpc) is 3.19. The van der Waals surface area contributed by atoms with Crippen LogP contribution in [0.15, 0.2) is 22.6 Å². The summed E-state index contributed by atoms with van der Waals surface area (Å²) < 4.78 is 0. The minimum Gasteiger partial charge on any atom is -0.352 e. The molecule has 0 saturated carbocycles. The maximum Gasteiger partial charge on any atom is 0.253 e. The van der Waals surface area contributed by atoms with Crippen molar-refractivity contribution in [2.24, 2.45) is 10.2 Å². The van der Waals surface area contributed by atoms with E-state index in [0.717, 1.165) is 17.5 Å². The highest BCUT2D eigenvalue weighted by Gasteiger charge is 2.38. The number of fused-ring (bicyclic) bond motifs is 1. The Morgan fingerprint density at radius 1 is 1.38 bits per heavy atom. The first-order valence-corrected chi connectivity index (χ1v) is 8.04. The van der Waals surface area contributed by atoms with Gasteiger partial charge in [-0.3, -0.25) is 14.9 Å². The van der Waals surface area contributed by atoms with E-state index in [1.54, 1.807) is 12.4 Å². The predicted octanol–water partition coefficient (Wildman–Crippen LogP) is 2.78. The van der Waals surface area contributed by atoms with Gasteiger partial charge in [-0.1, -0.05) is 13.8 Å². The highest BCUT2D eigenvalue weighted by Crippen LogP contribution is 2.36. The molecule has 0 unspecified atom stereocenters. The number of hydrogen-bond acceptors (Lipinski definition) is 5. The van der Waals surface area contributed by atoms with Crippen molar-refractivity contribution in [3.05, 3.63) is 23.7 Å². The van der Waals surface area contributed by atoms with Crippen molar-refractivity contribution in [2.45, 2.75) is 44.7 Å². The Morgan fingerprint density at radius 3 is 2.83 bits per heavy atom. The maximum atomic E-state index is 12.6. The Morgan fingerprint density at radius 2 is 2.17 bits per heavy atom. The van der Waals surface area contributed by atoms with Gasteiger partial charge in [0.15, 0.2) is 5.66 Å². The van der Waals surface area contributed by atoms with Gasteiger partial charge in [0.1, 0.15) is 5.52 Å². The molecule has 2 aromatic heterocycles. The van der Waals surface area contributed by atoms with Gasteiger partial charge in [-0.15, -0.1) is 12.3 Å². The zero-order valence-electron chi connectivity index (χ0n) is 13.8. The van der Waals surface area contributed by atoms with Crippen molar-refractivity contribution in [1.82, 2.24) is 20.5 Å². The Balaban J connectivity index is 1.69. The van der Waals surface area contributed by atoms with E-state index in [9.17, 15) is 4.79 Å². The zero-order chi connectivity index (χ0) is 17.2. The van der Waals surface area contributed by atoms with Gasteiger partial charge < -0.3 is 5.32 Å². The van der Waals surface area contributed by atoms with Crippen LogP contribution in [0.3, 0.4) is 0 Å². The van der Waals surface area contributed by atoms with E-state index in [1.807, 2.05) is 0 Å². The highest BCUT2D eigenvalue weighted by molar-refractivity contribution is 6.06. The van der Waals surface area contributed by atoms with Crippen LogP contribution >= 0.6 is 0 Å². The van der Waals surface area contributed by atoms with Crippen molar-refractivity contribution >= 4 is 16.8 Å². The molecule has 0 fully saturated rings. The minimum absolute atomic E-state index is 0.163. The van der Waals surface area contributed by atoms with E-state index in [2.05, 4.69) is 50.5 Å². The molecule has 1 aliphatic heterocycles. The van der Waals surface area contributed by atoms with Gasteiger partial charge in [0.25, 0.3) is 5.91 Å². The predicted molar refractivity (Wildman–Crippen MR) is 90.6 cm³/mol. The molecule has 7 heteroatoms. The molecule has 2 N–H and O–H groups in total. The molecule has 3 rings (SSSR count). The van der Waals surface area contributed by atoms with Crippen molar-refractivity contribution in [3.63, 3.8) is 0 Å². The van der Waals surface area contributed by atoms with Crippen LogP contribution in [0.4, 0.5) is 0 Å². The third kappa shape index (κ3) is 3.13. The number of hydrogen-bond donors (Lipinski definition) is 2. The summed E-state index contributed by atoms with van der Waals surface area (Å²) in [4.78, 5) is 16.7. The SMILES string of the molecule is C#CCCC1(CCNC(=O)c2cncc3n[nH]c(C(C)C)c23)N=N1. The van der Waals surface area contributed by atoms with Crippen molar-refractivity contribution in [1.29, 1.82) is 0 Å². The number of aromatic amines is 1. The molecule has 0 spiro atoms. The van der Waals surface area contributed by atoms with Gasteiger partial charge in [-0.25, -0.2) is 0 Å². The monoisotopic (exact) mass is 324 g/mol. The second-order valence-corrected chi connectivity index (χ2v) is 6.27. The molecular formula is C17H20N6O. The Labute approximate surface area is 140 Å². The fraction of sp³-hybridized carbons (Fsp3) is 0.471. The molecule has 0 atom stereocenters. The summed E-state index contributed by atoms with van der Waals surface area (Å²) in [6.07, 6.45) is 10.5. The minimum atomic E-state index is -0.386. The zero-order valence-corrected chi connectivity index (χ0v) is 13.8. The Bertz CT molecular complexity index is 823. The lowest BCUT2D eigenvalue weighted by atomic mass is 10.0. The summed E-state index contributed by atoms with van der Waals surface area (Å²) >= 11 is 0. The van der Waals surface area contributed by atoms with Crippen molar-refractivity contribution < 1.29 is 4.79 Å².